The molecule has 2 aromatic carbocycles. The average molecular weight is 318 g/mol. The summed E-state index contributed by atoms with van der Waals surface area (Å²) in [6.07, 6.45) is 1.72. The molecule has 0 aliphatic carbocycles. The van der Waals surface area contributed by atoms with Crippen LogP contribution >= 0.6 is 0 Å². The first-order chi connectivity index (χ1) is 11.6. The first kappa shape index (κ1) is 14.1. The van der Waals surface area contributed by atoms with Crippen LogP contribution in [0.1, 0.15) is 5.56 Å². The maximum atomic E-state index is 11.0. The molecule has 7 heteroatoms. The number of aromatic nitrogens is 3. The van der Waals surface area contributed by atoms with Gasteiger partial charge < -0.3 is 16.5 Å². The number of nitroso groups, excluding NO2 is 1. The van der Waals surface area contributed by atoms with Gasteiger partial charge in [0.15, 0.2) is 5.95 Å². The first-order valence-corrected chi connectivity index (χ1v) is 7.35. The maximum Gasteiger partial charge on any atom is 0.199 e. The maximum absolute atomic E-state index is 11.0. The van der Waals surface area contributed by atoms with Gasteiger partial charge in [-0.25, -0.2) is 0 Å². The second-order valence-corrected chi connectivity index (χ2v) is 5.65. The van der Waals surface area contributed by atoms with Crippen LogP contribution in [-0.4, -0.2) is 15.0 Å². The molecule has 2 heterocycles. The molecule has 2 aromatic heterocycles. The molecule has 0 atom stereocenters. The third kappa shape index (κ3) is 1.98. The molecule has 0 aliphatic rings. The van der Waals surface area contributed by atoms with Gasteiger partial charge in [-0.3, -0.25) is 4.98 Å². The molecule has 0 fully saturated rings. The summed E-state index contributed by atoms with van der Waals surface area (Å²) in [7, 11) is 0. The molecule has 0 radical (unpaired) electrons. The number of nitrogens with zero attached hydrogens (tertiary/aromatic N) is 3. The minimum Gasteiger partial charge on any atom is -0.383 e. The van der Waals surface area contributed by atoms with Crippen molar-refractivity contribution in [2.24, 2.45) is 5.18 Å². The van der Waals surface area contributed by atoms with Gasteiger partial charge in [0, 0.05) is 22.5 Å². The van der Waals surface area contributed by atoms with E-state index in [1.54, 1.807) is 12.3 Å². The van der Waals surface area contributed by atoms with Crippen LogP contribution in [0.25, 0.3) is 32.9 Å². The Morgan fingerprint density at radius 3 is 2.79 bits per heavy atom. The highest BCUT2D eigenvalue weighted by Crippen LogP contribution is 2.37. The molecule has 0 amide bonds. The number of benzene rings is 2. The van der Waals surface area contributed by atoms with Crippen molar-refractivity contribution in [1.29, 1.82) is 0 Å². The Morgan fingerprint density at radius 2 is 2.00 bits per heavy atom. The van der Waals surface area contributed by atoms with Crippen molar-refractivity contribution in [2.45, 2.75) is 6.92 Å². The summed E-state index contributed by atoms with van der Waals surface area (Å²) in [6, 6.07) is 9.36. The summed E-state index contributed by atoms with van der Waals surface area (Å²) < 4.78 is 0. The Kier molecular flexibility index (Phi) is 2.96. The average Bonchev–Trinajstić information content (AvgIpc) is 3.03. The zero-order chi connectivity index (χ0) is 16.8. The van der Waals surface area contributed by atoms with Gasteiger partial charge in [0.05, 0.1) is 11.0 Å². The number of fused-ring (bicyclic) bond motifs is 3. The zero-order valence-electron chi connectivity index (χ0n) is 12.9. The van der Waals surface area contributed by atoms with E-state index in [0.29, 0.717) is 11.5 Å². The van der Waals surface area contributed by atoms with Crippen molar-refractivity contribution >= 4 is 39.3 Å². The zero-order valence-corrected chi connectivity index (χ0v) is 12.9. The van der Waals surface area contributed by atoms with Crippen LogP contribution in [0.5, 0.6) is 0 Å². The topological polar surface area (TPSA) is 123 Å². The predicted molar refractivity (Wildman–Crippen MR) is 95.8 cm³/mol. The normalized spacial score (nSPS) is 11.2. The largest absolute Gasteiger partial charge is 0.383 e. The quantitative estimate of drug-likeness (QED) is 0.487. The minimum absolute atomic E-state index is 0.240. The number of aromatic amines is 1. The Balaban J connectivity index is 2.11. The van der Waals surface area contributed by atoms with E-state index in [-0.39, 0.29) is 5.95 Å². The number of nitrogens with one attached hydrogen (secondary N) is 1. The molecule has 0 saturated heterocycles. The SMILES string of the molecule is Cc1ccc(-c2cc3[nH]c(N)nc(N)c3c3ccnc23)cc1N=O. The standard InChI is InChI=1S/C17H14N6O/c1-8-2-3-9(6-12(8)23-24)11-7-13-14(10-4-5-20-15(10)11)16(18)22-17(19)21-13/h2-7H,18H2,1H3,(H3,19,21,22). The highest BCUT2D eigenvalue weighted by atomic mass is 16.3. The Bertz CT molecular complexity index is 1120. The molecule has 0 bridgehead atoms. The number of H-pyrrole nitrogens is 1. The number of hydrogen-bond donors (Lipinski definition) is 3. The first-order valence-electron chi connectivity index (χ1n) is 7.35. The molecule has 7 nitrogen and oxygen atoms in total. The molecule has 0 saturated carbocycles. The van der Waals surface area contributed by atoms with Crippen molar-refractivity contribution in [3.05, 3.63) is 47.0 Å². The molecule has 118 valence electrons. The lowest BCUT2D eigenvalue weighted by Crippen LogP contribution is -2.01. The highest BCUT2D eigenvalue weighted by molar-refractivity contribution is 6.15. The van der Waals surface area contributed by atoms with Crippen LogP contribution in [0.2, 0.25) is 0 Å². The van der Waals surface area contributed by atoms with E-state index in [9.17, 15) is 4.91 Å². The summed E-state index contributed by atoms with van der Waals surface area (Å²) in [5, 5.41) is 4.74. The van der Waals surface area contributed by atoms with E-state index in [2.05, 4.69) is 20.1 Å². The number of nitrogen functional groups attached to an aromatic ring is 2. The van der Waals surface area contributed by atoms with E-state index < -0.39 is 0 Å². The fourth-order valence-corrected chi connectivity index (χ4v) is 3.00. The van der Waals surface area contributed by atoms with Crippen molar-refractivity contribution in [2.75, 3.05) is 11.5 Å². The van der Waals surface area contributed by atoms with Gasteiger partial charge in [0.1, 0.15) is 11.5 Å². The third-order valence-corrected chi connectivity index (χ3v) is 4.16. The van der Waals surface area contributed by atoms with Gasteiger partial charge in [-0.1, -0.05) is 12.1 Å². The summed E-state index contributed by atoms with van der Waals surface area (Å²) in [6.45, 7) is 1.85. The molecule has 4 rings (SSSR count). The van der Waals surface area contributed by atoms with Crippen molar-refractivity contribution in [1.82, 2.24) is 15.0 Å². The predicted octanol–water partition coefficient (Wildman–Crippen LogP) is 3.65. The lowest BCUT2D eigenvalue weighted by atomic mass is 9.98. The summed E-state index contributed by atoms with van der Waals surface area (Å²) in [5.74, 6) is 0.592. The summed E-state index contributed by atoms with van der Waals surface area (Å²) >= 11 is 0. The highest BCUT2D eigenvalue weighted by Gasteiger charge is 2.14. The lowest BCUT2D eigenvalue weighted by Gasteiger charge is -2.10. The molecule has 4 aromatic rings. The van der Waals surface area contributed by atoms with Crippen molar-refractivity contribution in [3.63, 3.8) is 0 Å². The summed E-state index contributed by atoms with van der Waals surface area (Å²) in [5.41, 5.74) is 16.3. The Morgan fingerprint density at radius 1 is 1.17 bits per heavy atom. The molecule has 0 aliphatic heterocycles. The molecule has 0 spiro atoms. The molecule has 5 N–H and O–H groups in total. The number of nitrogens with two attached hydrogens (primary N) is 2. The number of rotatable bonds is 2. The van der Waals surface area contributed by atoms with Crippen molar-refractivity contribution < 1.29 is 0 Å². The summed E-state index contributed by atoms with van der Waals surface area (Å²) in [4.78, 5) is 22.6. The van der Waals surface area contributed by atoms with E-state index in [0.717, 1.165) is 38.5 Å². The van der Waals surface area contributed by atoms with Gasteiger partial charge >= 0.3 is 0 Å². The van der Waals surface area contributed by atoms with E-state index in [1.807, 2.05) is 31.2 Å². The molecular weight excluding hydrogens is 304 g/mol. The smallest absolute Gasteiger partial charge is 0.199 e. The number of hydrogen-bond acceptors (Lipinski definition) is 6. The lowest BCUT2D eigenvalue weighted by molar-refractivity contribution is 1.25. The fraction of sp³-hybridized carbons (Fsp3) is 0.0588. The molecule has 0 unspecified atom stereocenters. The minimum atomic E-state index is 0.240. The van der Waals surface area contributed by atoms with Gasteiger partial charge in [0.2, 0.25) is 0 Å². The third-order valence-electron chi connectivity index (χ3n) is 4.16. The Hall–Kier alpha value is -3.48. The van der Waals surface area contributed by atoms with E-state index >= 15 is 0 Å². The van der Waals surface area contributed by atoms with Crippen LogP contribution in [0, 0.1) is 11.8 Å². The number of anilines is 2. The van der Waals surface area contributed by atoms with Gasteiger partial charge in [-0.15, -0.1) is 4.91 Å². The second-order valence-electron chi connectivity index (χ2n) is 5.65. The Labute approximate surface area is 136 Å². The van der Waals surface area contributed by atoms with Crippen LogP contribution in [0.4, 0.5) is 17.5 Å². The van der Waals surface area contributed by atoms with Crippen LogP contribution in [0.3, 0.4) is 0 Å². The van der Waals surface area contributed by atoms with Crippen LogP contribution in [-0.2, 0) is 0 Å². The molecule has 24 heavy (non-hydrogen) atoms. The van der Waals surface area contributed by atoms with Crippen molar-refractivity contribution in [3.8, 4) is 11.1 Å². The van der Waals surface area contributed by atoms with Gasteiger partial charge in [-0.05, 0) is 41.4 Å². The number of aryl methyl sites for hydroxylation is 1. The van der Waals surface area contributed by atoms with Crippen LogP contribution in [0.15, 0.2) is 41.7 Å². The van der Waals surface area contributed by atoms with Crippen LogP contribution < -0.4 is 11.5 Å². The monoisotopic (exact) mass is 318 g/mol. The second kappa shape index (κ2) is 5.02. The molecular formula is C17H14N6O. The van der Waals surface area contributed by atoms with Gasteiger partial charge in [-0.2, -0.15) is 4.98 Å². The van der Waals surface area contributed by atoms with Gasteiger partial charge in [0.25, 0.3) is 0 Å². The van der Waals surface area contributed by atoms with E-state index in [1.165, 1.54) is 0 Å². The van der Waals surface area contributed by atoms with E-state index in [4.69, 9.17) is 11.5 Å². The fourth-order valence-electron chi connectivity index (χ4n) is 3.00.